The van der Waals surface area contributed by atoms with Crippen molar-refractivity contribution in [1.29, 1.82) is 5.26 Å². The van der Waals surface area contributed by atoms with Crippen molar-refractivity contribution < 1.29 is 9.13 Å². The van der Waals surface area contributed by atoms with Crippen LogP contribution < -0.4 is 4.74 Å². The molecule has 0 atom stereocenters. The van der Waals surface area contributed by atoms with Gasteiger partial charge in [0.05, 0.1) is 12.7 Å². The van der Waals surface area contributed by atoms with Gasteiger partial charge in [0, 0.05) is 10.6 Å². The fourth-order valence-corrected chi connectivity index (χ4v) is 2.46. The van der Waals surface area contributed by atoms with Crippen LogP contribution in [0.5, 0.6) is 5.75 Å². The quantitative estimate of drug-likeness (QED) is 0.789. The first-order valence-corrected chi connectivity index (χ1v) is 6.67. The summed E-state index contributed by atoms with van der Waals surface area (Å²) in [6, 6.07) is 14.0. The van der Waals surface area contributed by atoms with Crippen LogP contribution in [0.4, 0.5) is 4.39 Å². The van der Waals surface area contributed by atoms with Gasteiger partial charge in [0.1, 0.15) is 17.6 Å². The number of halogens is 1. The zero-order chi connectivity index (χ0) is 13.7. The third-order valence-corrected chi connectivity index (χ3v) is 3.69. The number of rotatable bonds is 4. The highest BCUT2D eigenvalue weighted by Crippen LogP contribution is 2.26. The van der Waals surface area contributed by atoms with Gasteiger partial charge in [0.15, 0.2) is 0 Å². The molecule has 2 nitrogen and oxygen atoms in total. The van der Waals surface area contributed by atoms with Gasteiger partial charge in [-0.25, -0.2) is 4.39 Å². The van der Waals surface area contributed by atoms with E-state index in [4.69, 9.17) is 10.00 Å². The van der Waals surface area contributed by atoms with Crippen LogP contribution in [0.25, 0.3) is 0 Å². The molecular formula is C15H12FNOS. The zero-order valence-electron chi connectivity index (χ0n) is 10.4. The fraction of sp³-hybridized carbons (Fsp3) is 0.133. The number of hydrogen-bond donors (Lipinski definition) is 0. The third-order valence-electron chi connectivity index (χ3n) is 2.61. The molecule has 0 heterocycles. The van der Waals surface area contributed by atoms with Gasteiger partial charge in [0.2, 0.25) is 0 Å². The van der Waals surface area contributed by atoms with Crippen LogP contribution in [0, 0.1) is 17.1 Å². The summed E-state index contributed by atoms with van der Waals surface area (Å²) >= 11 is 1.61. The van der Waals surface area contributed by atoms with E-state index in [-0.39, 0.29) is 5.82 Å². The highest BCUT2D eigenvalue weighted by molar-refractivity contribution is 7.98. The first-order valence-electron chi connectivity index (χ1n) is 5.68. The van der Waals surface area contributed by atoms with Crippen LogP contribution in [0.2, 0.25) is 0 Å². The lowest BCUT2D eigenvalue weighted by atomic mass is 10.1. The van der Waals surface area contributed by atoms with Crippen LogP contribution in [-0.2, 0) is 5.75 Å². The molecule has 0 aromatic heterocycles. The second-order valence-corrected chi connectivity index (χ2v) is 4.94. The SMILES string of the molecule is COc1cc(CSc2ccc(F)cc2)ccc1C#N. The van der Waals surface area contributed by atoms with Gasteiger partial charge in [-0.3, -0.25) is 0 Å². The number of thioether (sulfide) groups is 1. The molecule has 0 saturated heterocycles. The summed E-state index contributed by atoms with van der Waals surface area (Å²) in [4.78, 5) is 1.00. The topological polar surface area (TPSA) is 33.0 Å². The molecular weight excluding hydrogens is 261 g/mol. The Bertz CT molecular complexity index is 605. The smallest absolute Gasteiger partial charge is 0.136 e. The molecule has 2 aromatic rings. The van der Waals surface area contributed by atoms with Crippen molar-refractivity contribution in [3.8, 4) is 11.8 Å². The highest BCUT2D eigenvalue weighted by Gasteiger charge is 2.04. The number of nitriles is 1. The molecule has 0 unspecified atom stereocenters. The molecule has 0 bridgehead atoms. The average Bonchev–Trinajstić information content (AvgIpc) is 2.46. The third kappa shape index (κ3) is 3.49. The van der Waals surface area contributed by atoms with Crippen molar-refractivity contribution in [3.05, 3.63) is 59.4 Å². The standard InChI is InChI=1S/C15H12FNOS/c1-18-15-8-11(2-3-12(15)9-17)10-19-14-6-4-13(16)5-7-14/h2-8H,10H2,1H3. The number of hydrogen-bond acceptors (Lipinski definition) is 3. The molecule has 0 aliphatic carbocycles. The van der Waals surface area contributed by atoms with Crippen molar-refractivity contribution in [2.24, 2.45) is 0 Å². The molecule has 0 radical (unpaired) electrons. The molecule has 2 rings (SSSR count). The van der Waals surface area contributed by atoms with E-state index in [2.05, 4.69) is 6.07 Å². The number of methoxy groups -OCH3 is 1. The molecule has 0 spiro atoms. The number of ether oxygens (including phenoxy) is 1. The molecule has 0 aliphatic heterocycles. The first kappa shape index (κ1) is 13.4. The summed E-state index contributed by atoms with van der Waals surface area (Å²) in [6.45, 7) is 0. The second-order valence-electron chi connectivity index (χ2n) is 3.89. The van der Waals surface area contributed by atoms with Crippen LogP contribution in [0.1, 0.15) is 11.1 Å². The Labute approximate surface area is 115 Å². The zero-order valence-corrected chi connectivity index (χ0v) is 11.2. The highest BCUT2D eigenvalue weighted by atomic mass is 32.2. The van der Waals surface area contributed by atoms with E-state index in [1.165, 1.54) is 12.1 Å². The van der Waals surface area contributed by atoms with Crippen LogP contribution in [0.15, 0.2) is 47.4 Å². The van der Waals surface area contributed by atoms with Crippen molar-refractivity contribution >= 4 is 11.8 Å². The monoisotopic (exact) mass is 273 g/mol. The van der Waals surface area contributed by atoms with E-state index in [0.717, 1.165) is 16.2 Å². The maximum atomic E-state index is 12.8. The van der Waals surface area contributed by atoms with Crippen molar-refractivity contribution in [3.63, 3.8) is 0 Å². The Morgan fingerprint density at radius 2 is 1.95 bits per heavy atom. The van der Waals surface area contributed by atoms with Gasteiger partial charge in [-0.05, 0) is 42.0 Å². The molecule has 0 fully saturated rings. The summed E-state index contributed by atoms with van der Waals surface area (Å²) in [5.41, 5.74) is 1.59. The minimum absolute atomic E-state index is 0.232. The molecule has 4 heteroatoms. The van der Waals surface area contributed by atoms with Crippen molar-refractivity contribution in [1.82, 2.24) is 0 Å². The molecule has 0 amide bonds. The van der Waals surface area contributed by atoms with Crippen molar-refractivity contribution in [2.75, 3.05) is 7.11 Å². The van der Waals surface area contributed by atoms with Gasteiger partial charge in [0.25, 0.3) is 0 Å². The summed E-state index contributed by atoms with van der Waals surface area (Å²) in [5.74, 6) is 1.09. The maximum Gasteiger partial charge on any atom is 0.136 e. The van der Waals surface area contributed by atoms with E-state index in [0.29, 0.717) is 11.3 Å². The molecule has 2 aromatic carbocycles. The van der Waals surface area contributed by atoms with E-state index >= 15 is 0 Å². The lowest BCUT2D eigenvalue weighted by molar-refractivity contribution is 0.413. The Kier molecular flexibility index (Phi) is 4.43. The average molecular weight is 273 g/mol. The summed E-state index contributed by atoms with van der Waals surface area (Å²) < 4.78 is 17.9. The van der Waals surface area contributed by atoms with Crippen LogP contribution in [0.3, 0.4) is 0 Å². The summed E-state index contributed by atoms with van der Waals surface area (Å²) in [5, 5.41) is 8.90. The lowest BCUT2D eigenvalue weighted by Gasteiger charge is -2.06. The van der Waals surface area contributed by atoms with Gasteiger partial charge >= 0.3 is 0 Å². The van der Waals surface area contributed by atoms with E-state index in [1.807, 2.05) is 12.1 Å². The predicted molar refractivity (Wildman–Crippen MR) is 73.7 cm³/mol. The number of nitrogens with zero attached hydrogens (tertiary/aromatic N) is 1. The molecule has 0 aliphatic rings. The Hall–Kier alpha value is -1.99. The van der Waals surface area contributed by atoms with E-state index < -0.39 is 0 Å². The minimum Gasteiger partial charge on any atom is -0.495 e. The predicted octanol–water partition coefficient (Wildman–Crippen LogP) is 4.00. The van der Waals surface area contributed by atoms with E-state index in [1.54, 1.807) is 37.1 Å². The van der Waals surface area contributed by atoms with Gasteiger partial charge in [-0.15, -0.1) is 11.8 Å². The summed E-state index contributed by atoms with van der Waals surface area (Å²) in [6.07, 6.45) is 0. The van der Waals surface area contributed by atoms with Gasteiger partial charge < -0.3 is 4.74 Å². The maximum absolute atomic E-state index is 12.8. The molecule has 0 N–H and O–H groups in total. The second kappa shape index (κ2) is 6.26. The van der Waals surface area contributed by atoms with Gasteiger partial charge in [-0.2, -0.15) is 5.26 Å². The fourth-order valence-electron chi connectivity index (χ4n) is 1.62. The van der Waals surface area contributed by atoms with Gasteiger partial charge in [-0.1, -0.05) is 6.07 Å². The normalized spacial score (nSPS) is 9.95. The Balaban J connectivity index is 2.07. The van der Waals surface area contributed by atoms with E-state index in [9.17, 15) is 4.39 Å². The molecule has 19 heavy (non-hydrogen) atoms. The first-order chi connectivity index (χ1) is 9.22. The largest absolute Gasteiger partial charge is 0.495 e. The summed E-state index contributed by atoms with van der Waals surface area (Å²) in [7, 11) is 1.55. The van der Waals surface area contributed by atoms with Crippen molar-refractivity contribution in [2.45, 2.75) is 10.6 Å². The Morgan fingerprint density at radius 1 is 1.21 bits per heavy atom. The van der Waals surface area contributed by atoms with Crippen LogP contribution >= 0.6 is 11.8 Å². The Morgan fingerprint density at radius 3 is 2.58 bits per heavy atom. The molecule has 0 saturated carbocycles. The number of benzene rings is 2. The minimum atomic E-state index is -0.232. The molecule has 96 valence electrons. The lowest BCUT2D eigenvalue weighted by Crippen LogP contribution is -1.90. The van der Waals surface area contributed by atoms with Crippen LogP contribution in [-0.4, -0.2) is 7.11 Å².